The van der Waals surface area contributed by atoms with E-state index in [-0.39, 0.29) is 11.5 Å². The number of amides is 1. The minimum atomic E-state index is -0.272. The van der Waals surface area contributed by atoms with Crippen LogP contribution < -0.4 is 10.9 Å². The van der Waals surface area contributed by atoms with Crippen LogP contribution in [-0.2, 0) is 0 Å². The third-order valence-corrected chi connectivity index (χ3v) is 5.21. The highest BCUT2D eigenvalue weighted by atomic mass is 16.1. The van der Waals surface area contributed by atoms with Crippen LogP contribution in [0.2, 0.25) is 0 Å². The molecule has 2 heterocycles. The van der Waals surface area contributed by atoms with Crippen molar-refractivity contribution in [2.45, 2.75) is 6.92 Å². The van der Waals surface area contributed by atoms with Gasteiger partial charge in [0.2, 0.25) is 0 Å². The lowest BCUT2D eigenvalue weighted by Gasteiger charge is -2.11. The molecule has 0 unspecified atom stereocenters. The number of carbonyl (C=O) groups is 1. The van der Waals surface area contributed by atoms with Crippen LogP contribution in [0.5, 0.6) is 0 Å². The highest BCUT2D eigenvalue weighted by Gasteiger charge is 2.15. The minimum absolute atomic E-state index is 0.253. The van der Waals surface area contributed by atoms with Gasteiger partial charge in [-0.25, -0.2) is 9.97 Å². The number of aromatic nitrogens is 3. The Hall–Kier alpha value is -4.32. The third kappa shape index (κ3) is 3.55. The number of aromatic amines is 1. The molecule has 5 aromatic rings. The number of fused-ring (bicyclic) bond motifs is 2. The molecule has 0 atom stereocenters. The van der Waals surface area contributed by atoms with Crippen molar-refractivity contribution in [3.05, 3.63) is 101 Å². The quantitative estimate of drug-likeness (QED) is 0.455. The van der Waals surface area contributed by atoms with E-state index in [4.69, 9.17) is 4.98 Å². The zero-order valence-corrected chi connectivity index (χ0v) is 16.7. The molecule has 0 aliphatic heterocycles. The highest BCUT2D eigenvalue weighted by molar-refractivity contribution is 6.13. The number of anilines is 1. The second-order valence-corrected chi connectivity index (χ2v) is 7.36. The highest BCUT2D eigenvalue weighted by Crippen LogP contribution is 2.26. The number of pyridine rings is 1. The number of nitrogens with zero attached hydrogens (tertiary/aromatic N) is 2. The van der Waals surface area contributed by atoms with E-state index >= 15 is 0 Å². The molecule has 2 N–H and O–H groups in total. The fourth-order valence-corrected chi connectivity index (χ4v) is 3.58. The van der Waals surface area contributed by atoms with Crippen molar-refractivity contribution in [2.24, 2.45) is 0 Å². The Morgan fingerprint density at radius 1 is 0.903 bits per heavy atom. The zero-order valence-electron chi connectivity index (χ0n) is 16.7. The first-order valence-electron chi connectivity index (χ1n) is 9.84. The van der Waals surface area contributed by atoms with E-state index in [1.807, 2.05) is 55.5 Å². The van der Waals surface area contributed by atoms with Gasteiger partial charge in [-0.05, 0) is 37.3 Å². The van der Waals surface area contributed by atoms with Crippen LogP contribution in [0.1, 0.15) is 15.9 Å². The number of para-hydroxylation sites is 1. The lowest BCUT2D eigenvalue weighted by atomic mass is 10.0. The molecular formula is C25H18N4O2. The number of carbonyl (C=O) groups excluding carboxylic acids is 1. The molecule has 0 aliphatic carbocycles. The monoisotopic (exact) mass is 406 g/mol. The Labute approximate surface area is 177 Å². The van der Waals surface area contributed by atoms with Gasteiger partial charge < -0.3 is 10.3 Å². The van der Waals surface area contributed by atoms with Crippen LogP contribution in [0.4, 0.5) is 5.69 Å². The first kappa shape index (κ1) is 18.7. The van der Waals surface area contributed by atoms with Crippen LogP contribution in [0, 0.1) is 6.92 Å². The number of hydrogen-bond acceptors (Lipinski definition) is 4. The van der Waals surface area contributed by atoms with Crippen LogP contribution in [0.3, 0.4) is 0 Å². The summed E-state index contributed by atoms with van der Waals surface area (Å²) in [5, 5.41) is 4.09. The second-order valence-electron chi connectivity index (χ2n) is 7.36. The molecule has 0 radical (unpaired) electrons. The SMILES string of the molecule is Cc1ccc(-c2cc(C(=O)Nc3ccc4nc[nH]c(=O)c4c3)c3ccccc3n2)cc1. The number of aryl methyl sites for hydroxylation is 1. The molecule has 0 aliphatic rings. The lowest BCUT2D eigenvalue weighted by Crippen LogP contribution is -2.14. The maximum atomic E-state index is 13.2. The minimum Gasteiger partial charge on any atom is -0.322 e. The lowest BCUT2D eigenvalue weighted by molar-refractivity contribution is 0.102. The van der Waals surface area contributed by atoms with Gasteiger partial charge >= 0.3 is 0 Å². The van der Waals surface area contributed by atoms with Gasteiger partial charge in [-0.15, -0.1) is 0 Å². The van der Waals surface area contributed by atoms with Crippen molar-refractivity contribution in [2.75, 3.05) is 5.32 Å². The Kier molecular flexibility index (Phi) is 4.52. The molecule has 0 bridgehead atoms. The number of hydrogen-bond donors (Lipinski definition) is 2. The Morgan fingerprint density at radius 3 is 2.55 bits per heavy atom. The molecule has 3 aromatic carbocycles. The molecule has 6 heteroatoms. The Balaban J connectivity index is 1.58. The normalized spacial score (nSPS) is 11.0. The van der Waals surface area contributed by atoms with Crippen LogP contribution in [-0.4, -0.2) is 20.9 Å². The van der Waals surface area contributed by atoms with E-state index in [1.54, 1.807) is 24.3 Å². The van der Waals surface area contributed by atoms with E-state index in [0.29, 0.717) is 22.2 Å². The summed E-state index contributed by atoms with van der Waals surface area (Å²) in [6.07, 6.45) is 1.36. The van der Waals surface area contributed by atoms with E-state index in [1.165, 1.54) is 6.33 Å². The zero-order chi connectivity index (χ0) is 21.4. The van der Waals surface area contributed by atoms with Crippen molar-refractivity contribution in [3.8, 4) is 11.3 Å². The van der Waals surface area contributed by atoms with Gasteiger partial charge in [-0.3, -0.25) is 9.59 Å². The van der Waals surface area contributed by atoms with Gasteiger partial charge in [-0.2, -0.15) is 0 Å². The molecule has 150 valence electrons. The summed E-state index contributed by atoms with van der Waals surface area (Å²) < 4.78 is 0. The molecular weight excluding hydrogens is 388 g/mol. The predicted molar refractivity (Wildman–Crippen MR) is 122 cm³/mol. The topological polar surface area (TPSA) is 87.7 Å². The van der Waals surface area contributed by atoms with Gasteiger partial charge in [0.25, 0.3) is 11.5 Å². The first-order chi connectivity index (χ1) is 15.1. The van der Waals surface area contributed by atoms with E-state index < -0.39 is 0 Å². The number of nitrogens with one attached hydrogen (secondary N) is 2. The summed E-state index contributed by atoms with van der Waals surface area (Å²) in [5.41, 5.74) is 4.91. The molecule has 6 nitrogen and oxygen atoms in total. The van der Waals surface area contributed by atoms with E-state index in [2.05, 4.69) is 15.3 Å². The van der Waals surface area contributed by atoms with Crippen molar-refractivity contribution in [1.82, 2.24) is 15.0 Å². The fourth-order valence-electron chi connectivity index (χ4n) is 3.58. The van der Waals surface area contributed by atoms with Crippen LogP contribution in [0.25, 0.3) is 33.1 Å². The second kappa shape index (κ2) is 7.50. The smallest absolute Gasteiger partial charge is 0.258 e. The summed E-state index contributed by atoms with van der Waals surface area (Å²) >= 11 is 0. The maximum absolute atomic E-state index is 13.2. The summed E-state index contributed by atoms with van der Waals surface area (Å²) in [4.78, 5) is 36.7. The van der Waals surface area contributed by atoms with E-state index in [9.17, 15) is 9.59 Å². The maximum Gasteiger partial charge on any atom is 0.258 e. The van der Waals surface area contributed by atoms with Gasteiger partial charge in [0.15, 0.2) is 0 Å². The molecule has 0 fully saturated rings. The predicted octanol–water partition coefficient (Wildman–Crippen LogP) is 4.70. The van der Waals surface area contributed by atoms with Crippen molar-refractivity contribution in [3.63, 3.8) is 0 Å². The summed E-state index contributed by atoms with van der Waals surface area (Å²) in [5.74, 6) is -0.272. The molecule has 31 heavy (non-hydrogen) atoms. The number of benzene rings is 3. The average molecular weight is 406 g/mol. The van der Waals surface area contributed by atoms with Crippen molar-refractivity contribution < 1.29 is 4.79 Å². The van der Waals surface area contributed by atoms with Crippen molar-refractivity contribution in [1.29, 1.82) is 0 Å². The summed E-state index contributed by atoms with van der Waals surface area (Å²) in [6.45, 7) is 2.03. The van der Waals surface area contributed by atoms with Crippen LogP contribution in [0.15, 0.2) is 83.9 Å². The Bertz CT molecular complexity index is 1500. The molecule has 5 rings (SSSR count). The van der Waals surface area contributed by atoms with Gasteiger partial charge in [0, 0.05) is 16.6 Å². The van der Waals surface area contributed by atoms with Gasteiger partial charge in [0.1, 0.15) is 0 Å². The molecule has 0 saturated carbocycles. The van der Waals surface area contributed by atoms with Crippen molar-refractivity contribution >= 4 is 33.4 Å². The van der Waals surface area contributed by atoms with E-state index in [0.717, 1.165) is 27.7 Å². The molecule has 2 aromatic heterocycles. The average Bonchev–Trinajstić information content (AvgIpc) is 2.79. The number of H-pyrrole nitrogens is 1. The summed E-state index contributed by atoms with van der Waals surface area (Å²) in [7, 11) is 0. The fraction of sp³-hybridized carbons (Fsp3) is 0.0400. The standard InChI is InChI=1S/C25H18N4O2/c1-15-6-8-16(9-7-15)23-13-19(18-4-2-3-5-22(18)29-23)25(31)28-17-10-11-21-20(12-17)24(30)27-14-26-21/h2-14H,1H3,(H,28,31)(H,26,27,30). The molecule has 0 spiro atoms. The van der Waals surface area contributed by atoms with Crippen LogP contribution >= 0.6 is 0 Å². The van der Waals surface area contributed by atoms with Gasteiger partial charge in [-0.1, -0.05) is 48.0 Å². The van der Waals surface area contributed by atoms with Gasteiger partial charge in [0.05, 0.1) is 34.0 Å². The third-order valence-electron chi connectivity index (χ3n) is 5.21. The largest absolute Gasteiger partial charge is 0.322 e. The Morgan fingerprint density at radius 2 is 1.71 bits per heavy atom. The number of rotatable bonds is 3. The molecule has 1 amide bonds. The first-order valence-corrected chi connectivity index (χ1v) is 9.84. The molecule has 0 saturated heterocycles. The summed E-state index contributed by atoms with van der Waals surface area (Å²) in [6, 6.07) is 22.5.